The van der Waals surface area contributed by atoms with E-state index in [0.29, 0.717) is 16.6 Å². The number of carbonyl (C=O) groups excluding carboxylic acids is 1. The Morgan fingerprint density at radius 3 is 2.62 bits per heavy atom. The molecule has 0 radical (unpaired) electrons. The Labute approximate surface area is 162 Å². The van der Waals surface area contributed by atoms with Crippen LogP contribution in [0.5, 0.6) is 0 Å². The van der Waals surface area contributed by atoms with Crippen molar-refractivity contribution in [3.05, 3.63) is 63.6 Å². The first-order valence-electron chi connectivity index (χ1n) is 8.51. The maximum atomic E-state index is 12.5. The van der Waals surface area contributed by atoms with Gasteiger partial charge in [0.25, 0.3) is 5.91 Å². The van der Waals surface area contributed by atoms with Crippen molar-refractivity contribution in [2.45, 2.75) is 37.1 Å². The lowest BCUT2D eigenvalue weighted by Crippen LogP contribution is -2.28. The Kier molecular flexibility index (Phi) is 5.79. The zero-order valence-corrected chi connectivity index (χ0v) is 16.9. The van der Waals surface area contributed by atoms with Crippen molar-refractivity contribution in [2.75, 3.05) is 6.54 Å². The van der Waals surface area contributed by atoms with E-state index in [0.717, 1.165) is 19.3 Å². The molecule has 1 aliphatic rings. The Balaban J connectivity index is 1.68. The van der Waals surface area contributed by atoms with Crippen LogP contribution in [-0.2, 0) is 16.4 Å². The molecule has 0 spiro atoms. The first-order chi connectivity index (χ1) is 12.4. The van der Waals surface area contributed by atoms with Gasteiger partial charge in [-0.3, -0.25) is 4.79 Å². The summed E-state index contributed by atoms with van der Waals surface area (Å²) in [6.45, 7) is 2.52. The summed E-state index contributed by atoms with van der Waals surface area (Å²) in [6.07, 6.45) is 2.45. The van der Waals surface area contributed by atoms with Gasteiger partial charge in [0.05, 0.1) is 10.5 Å². The highest BCUT2D eigenvalue weighted by molar-refractivity contribution is 9.10. The number of halogens is 1. The third-order valence-corrected chi connectivity index (χ3v) is 6.54. The molecule has 0 heterocycles. The van der Waals surface area contributed by atoms with Crippen LogP contribution in [0.4, 0.5) is 0 Å². The van der Waals surface area contributed by atoms with E-state index in [1.54, 1.807) is 6.07 Å². The fraction of sp³-hybridized carbons (Fsp3) is 0.316. The number of aryl methyl sites for hydroxylation is 1. The van der Waals surface area contributed by atoms with Crippen LogP contribution in [0.15, 0.2) is 51.8 Å². The number of sulfonamides is 1. The van der Waals surface area contributed by atoms with Crippen LogP contribution >= 0.6 is 15.9 Å². The second kappa shape index (κ2) is 7.90. The van der Waals surface area contributed by atoms with Crippen molar-refractivity contribution in [1.82, 2.24) is 10.0 Å². The summed E-state index contributed by atoms with van der Waals surface area (Å²) < 4.78 is 27.9. The van der Waals surface area contributed by atoms with Crippen LogP contribution < -0.4 is 10.0 Å². The molecule has 1 saturated carbocycles. The van der Waals surface area contributed by atoms with E-state index in [2.05, 4.69) is 26.0 Å². The molecule has 0 bridgehead atoms. The highest BCUT2D eigenvalue weighted by Gasteiger charge is 2.28. The van der Waals surface area contributed by atoms with Crippen LogP contribution in [0.2, 0.25) is 0 Å². The monoisotopic (exact) mass is 436 g/mol. The standard InChI is InChI=1S/C19H21BrN2O3S/c1-13-4-2-3-5-14(13)10-11-21-19(23)17-12-16(8-9-18(17)20)26(24,25)22-15-6-7-15/h2-5,8-9,12,15,22H,6-7,10-11H2,1H3,(H,21,23). The van der Waals surface area contributed by atoms with E-state index in [-0.39, 0.29) is 16.8 Å². The van der Waals surface area contributed by atoms with Crippen LogP contribution in [0.1, 0.15) is 34.3 Å². The zero-order valence-electron chi connectivity index (χ0n) is 14.5. The molecule has 3 rings (SSSR count). The summed E-state index contributed by atoms with van der Waals surface area (Å²) in [6, 6.07) is 12.6. The summed E-state index contributed by atoms with van der Waals surface area (Å²) >= 11 is 3.33. The Hall–Kier alpha value is -1.70. The van der Waals surface area contributed by atoms with Crippen molar-refractivity contribution >= 4 is 31.9 Å². The predicted octanol–water partition coefficient (Wildman–Crippen LogP) is 3.17. The molecule has 1 fully saturated rings. The van der Waals surface area contributed by atoms with Gasteiger partial charge in [-0.1, -0.05) is 24.3 Å². The lowest BCUT2D eigenvalue weighted by atomic mass is 10.1. The second-order valence-electron chi connectivity index (χ2n) is 6.47. The minimum atomic E-state index is -3.59. The quantitative estimate of drug-likeness (QED) is 0.699. The predicted molar refractivity (Wildman–Crippen MR) is 105 cm³/mol. The van der Waals surface area contributed by atoms with E-state index in [1.807, 2.05) is 31.2 Å². The number of hydrogen-bond donors (Lipinski definition) is 2. The van der Waals surface area contributed by atoms with Gasteiger partial charge in [0.2, 0.25) is 10.0 Å². The molecule has 0 aliphatic heterocycles. The van der Waals surface area contributed by atoms with Gasteiger partial charge < -0.3 is 5.32 Å². The van der Waals surface area contributed by atoms with Crippen molar-refractivity contribution < 1.29 is 13.2 Å². The normalized spacial score (nSPS) is 14.2. The molecule has 0 atom stereocenters. The molecule has 7 heteroatoms. The summed E-state index contributed by atoms with van der Waals surface area (Å²) in [4.78, 5) is 12.6. The van der Waals surface area contributed by atoms with Crippen LogP contribution in [0, 0.1) is 6.92 Å². The van der Waals surface area contributed by atoms with Gasteiger partial charge in [-0.25, -0.2) is 13.1 Å². The zero-order chi connectivity index (χ0) is 18.7. The van der Waals surface area contributed by atoms with Crippen molar-refractivity contribution in [2.24, 2.45) is 0 Å². The maximum Gasteiger partial charge on any atom is 0.252 e. The molecule has 1 amide bonds. The van der Waals surface area contributed by atoms with Crippen molar-refractivity contribution in [1.29, 1.82) is 0 Å². The minimum Gasteiger partial charge on any atom is -0.352 e. The van der Waals surface area contributed by atoms with E-state index in [4.69, 9.17) is 0 Å². The van der Waals surface area contributed by atoms with E-state index in [9.17, 15) is 13.2 Å². The fourth-order valence-electron chi connectivity index (χ4n) is 2.63. The number of hydrogen-bond acceptors (Lipinski definition) is 3. The average molecular weight is 437 g/mol. The smallest absolute Gasteiger partial charge is 0.252 e. The summed E-state index contributed by atoms with van der Waals surface area (Å²) in [5.74, 6) is -0.297. The molecule has 5 nitrogen and oxygen atoms in total. The first-order valence-corrected chi connectivity index (χ1v) is 10.8. The molecular formula is C19H21BrN2O3S. The van der Waals surface area contributed by atoms with Gasteiger partial charge in [0.15, 0.2) is 0 Å². The SMILES string of the molecule is Cc1ccccc1CCNC(=O)c1cc(S(=O)(=O)NC2CC2)ccc1Br. The van der Waals surface area contributed by atoms with E-state index in [1.165, 1.54) is 23.3 Å². The third kappa shape index (κ3) is 4.72. The van der Waals surface area contributed by atoms with E-state index < -0.39 is 10.0 Å². The number of rotatable bonds is 7. The summed E-state index contributed by atoms with van der Waals surface area (Å²) in [5.41, 5.74) is 2.67. The molecule has 2 aromatic rings. The highest BCUT2D eigenvalue weighted by atomic mass is 79.9. The number of benzene rings is 2. The van der Waals surface area contributed by atoms with Crippen molar-refractivity contribution in [3.63, 3.8) is 0 Å². The largest absolute Gasteiger partial charge is 0.352 e. The molecule has 2 N–H and O–H groups in total. The Morgan fingerprint density at radius 2 is 1.92 bits per heavy atom. The molecule has 0 saturated heterocycles. The van der Waals surface area contributed by atoms with Crippen LogP contribution in [0.3, 0.4) is 0 Å². The summed E-state index contributed by atoms with van der Waals surface area (Å²) in [5, 5.41) is 2.86. The lowest BCUT2D eigenvalue weighted by Gasteiger charge is -2.11. The van der Waals surface area contributed by atoms with Gasteiger partial charge in [-0.15, -0.1) is 0 Å². The van der Waals surface area contributed by atoms with Gasteiger partial charge in [0, 0.05) is 17.1 Å². The number of nitrogens with one attached hydrogen (secondary N) is 2. The maximum absolute atomic E-state index is 12.5. The summed E-state index contributed by atoms with van der Waals surface area (Å²) in [7, 11) is -3.59. The fourth-order valence-corrected chi connectivity index (χ4v) is 4.39. The van der Waals surface area contributed by atoms with Gasteiger partial charge in [0.1, 0.15) is 0 Å². The number of amides is 1. The lowest BCUT2D eigenvalue weighted by molar-refractivity contribution is 0.0953. The van der Waals surface area contributed by atoms with Crippen LogP contribution in [-0.4, -0.2) is 26.9 Å². The molecule has 26 heavy (non-hydrogen) atoms. The average Bonchev–Trinajstić information content (AvgIpc) is 3.40. The second-order valence-corrected chi connectivity index (χ2v) is 9.04. The number of carbonyl (C=O) groups is 1. The Bertz CT molecular complexity index is 924. The molecule has 138 valence electrons. The Morgan fingerprint density at radius 1 is 1.19 bits per heavy atom. The van der Waals surface area contributed by atoms with Gasteiger partial charge in [-0.05, 0) is 71.4 Å². The van der Waals surface area contributed by atoms with Gasteiger partial charge >= 0.3 is 0 Å². The van der Waals surface area contributed by atoms with Crippen LogP contribution in [0.25, 0.3) is 0 Å². The first kappa shape index (κ1) is 19.1. The topological polar surface area (TPSA) is 75.3 Å². The minimum absolute atomic E-state index is 0.0232. The molecule has 0 unspecified atom stereocenters. The highest BCUT2D eigenvalue weighted by Crippen LogP contribution is 2.25. The van der Waals surface area contributed by atoms with Crippen molar-refractivity contribution in [3.8, 4) is 0 Å². The third-order valence-electron chi connectivity index (χ3n) is 4.33. The molecular weight excluding hydrogens is 416 g/mol. The molecule has 1 aliphatic carbocycles. The molecule has 0 aromatic heterocycles. The van der Waals surface area contributed by atoms with Gasteiger partial charge in [-0.2, -0.15) is 0 Å². The molecule has 2 aromatic carbocycles. The van der Waals surface area contributed by atoms with E-state index >= 15 is 0 Å².